The van der Waals surface area contributed by atoms with E-state index in [1.165, 1.54) is 11.8 Å². The van der Waals surface area contributed by atoms with E-state index in [1.54, 1.807) is 12.1 Å². The number of aromatic nitrogens is 2. The van der Waals surface area contributed by atoms with Crippen LogP contribution in [0.15, 0.2) is 65.6 Å². The van der Waals surface area contributed by atoms with Crippen molar-refractivity contribution in [3.8, 4) is 0 Å². The lowest BCUT2D eigenvalue weighted by Crippen LogP contribution is -2.46. The van der Waals surface area contributed by atoms with E-state index in [0.717, 1.165) is 11.1 Å². The van der Waals surface area contributed by atoms with E-state index in [9.17, 15) is 23.7 Å². The molecule has 0 spiro atoms. The number of nitrogens with zero attached hydrogens (tertiary/aromatic N) is 5. The molecule has 1 fully saturated rings. The van der Waals surface area contributed by atoms with Crippen molar-refractivity contribution >= 4 is 22.4 Å². The van der Waals surface area contributed by atoms with Crippen molar-refractivity contribution in [2.75, 3.05) is 31.1 Å². The third-order valence-corrected chi connectivity index (χ3v) is 5.74. The predicted molar refractivity (Wildman–Crippen MR) is 122 cm³/mol. The molecule has 0 unspecified atom stereocenters. The summed E-state index contributed by atoms with van der Waals surface area (Å²) in [5.41, 5.74) is 0.721. The van der Waals surface area contributed by atoms with Crippen LogP contribution in [-0.4, -0.2) is 45.6 Å². The first-order valence-electron chi connectivity index (χ1n) is 10.6. The Hall–Kier alpha value is -3.66. The minimum Gasteiger partial charge on any atom is -0.361 e. The maximum atomic E-state index is 13.1. The number of rotatable bonds is 7. The van der Waals surface area contributed by atoms with Gasteiger partial charge in [0.05, 0.1) is 10.4 Å². The fourth-order valence-corrected chi connectivity index (χ4v) is 4.21. The first-order chi connectivity index (χ1) is 16.0. The number of allylic oxidation sites excluding steroid dienone is 1. The lowest BCUT2D eigenvalue weighted by atomic mass is 10.1. The summed E-state index contributed by atoms with van der Waals surface area (Å²) in [6.45, 7) is 3.01. The lowest BCUT2D eigenvalue weighted by Gasteiger charge is -2.36. The SMILES string of the molecule is O=c1c([N+](=O)[O-])c(N2CCN(Cc3ccccc3)CC2)c2ncccc2n1CCC=C(F)F. The van der Waals surface area contributed by atoms with Crippen LogP contribution in [0.5, 0.6) is 0 Å². The second-order valence-corrected chi connectivity index (χ2v) is 7.81. The Labute approximate surface area is 188 Å². The summed E-state index contributed by atoms with van der Waals surface area (Å²) in [6, 6.07) is 13.3. The van der Waals surface area contributed by atoms with Crippen molar-refractivity contribution in [3.63, 3.8) is 0 Å². The average molecular weight is 455 g/mol. The molecule has 1 aromatic carbocycles. The molecule has 0 atom stereocenters. The van der Waals surface area contributed by atoms with Crippen LogP contribution in [0.25, 0.3) is 11.0 Å². The summed E-state index contributed by atoms with van der Waals surface area (Å²) in [5.74, 6) is 0. The Morgan fingerprint density at radius 3 is 2.48 bits per heavy atom. The number of pyridine rings is 2. The van der Waals surface area contributed by atoms with Crippen molar-refractivity contribution in [1.82, 2.24) is 14.5 Å². The largest absolute Gasteiger partial charge is 0.361 e. The van der Waals surface area contributed by atoms with Crippen molar-refractivity contribution < 1.29 is 13.7 Å². The van der Waals surface area contributed by atoms with E-state index in [1.807, 2.05) is 23.1 Å². The third-order valence-electron chi connectivity index (χ3n) is 5.74. The van der Waals surface area contributed by atoms with Gasteiger partial charge in [0.1, 0.15) is 11.2 Å². The van der Waals surface area contributed by atoms with Gasteiger partial charge in [-0.2, -0.15) is 8.78 Å². The fraction of sp³-hybridized carbons (Fsp3) is 0.304. The van der Waals surface area contributed by atoms with E-state index in [0.29, 0.717) is 43.3 Å². The number of hydrogen-bond acceptors (Lipinski definition) is 6. The van der Waals surface area contributed by atoms with Gasteiger partial charge in [-0.15, -0.1) is 0 Å². The normalized spacial score (nSPS) is 14.4. The Kier molecular flexibility index (Phi) is 6.74. The van der Waals surface area contributed by atoms with Gasteiger partial charge in [0.25, 0.3) is 6.08 Å². The van der Waals surface area contributed by atoms with Crippen LogP contribution in [0.1, 0.15) is 12.0 Å². The van der Waals surface area contributed by atoms with E-state index in [-0.39, 0.29) is 18.7 Å². The van der Waals surface area contributed by atoms with Gasteiger partial charge in [-0.05, 0) is 30.2 Å². The van der Waals surface area contributed by atoms with Gasteiger partial charge in [0, 0.05) is 45.5 Å². The minimum absolute atomic E-state index is 0.107. The Balaban J connectivity index is 1.68. The standard InChI is InChI=1S/C23H23F2N5O3/c24-19(25)9-5-11-29-18-8-4-10-26-20(18)21(22(23(29)31)30(32)33)28-14-12-27(13-15-28)16-17-6-2-1-3-7-17/h1-4,6-10H,5,11-16H2. The van der Waals surface area contributed by atoms with Crippen molar-refractivity contribution in [1.29, 1.82) is 0 Å². The zero-order valence-electron chi connectivity index (χ0n) is 17.9. The molecule has 2 aromatic heterocycles. The molecule has 0 bridgehead atoms. The van der Waals surface area contributed by atoms with Crippen LogP contribution in [0, 0.1) is 10.1 Å². The van der Waals surface area contributed by atoms with Gasteiger partial charge in [0.2, 0.25) is 0 Å². The van der Waals surface area contributed by atoms with Gasteiger partial charge in [-0.25, -0.2) is 0 Å². The smallest absolute Gasteiger partial charge is 0.359 e. The monoisotopic (exact) mass is 455 g/mol. The number of anilines is 1. The van der Waals surface area contributed by atoms with E-state index >= 15 is 0 Å². The summed E-state index contributed by atoms with van der Waals surface area (Å²) >= 11 is 0. The molecule has 0 N–H and O–H groups in total. The van der Waals surface area contributed by atoms with Crippen LogP contribution in [0.2, 0.25) is 0 Å². The molecular weight excluding hydrogens is 432 g/mol. The van der Waals surface area contributed by atoms with Crippen LogP contribution in [0.4, 0.5) is 20.2 Å². The highest BCUT2D eigenvalue weighted by atomic mass is 19.3. The van der Waals surface area contributed by atoms with Gasteiger partial charge >= 0.3 is 11.2 Å². The molecule has 10 heteroatoms. The topological polar surface area (TPSA) is 84.5 Å². The summed E-state index contributed by atoms with van der Waals surface area (Å²) in [7, 11) is 0. The van der Waals surface area contributed by atoms with E-state index in [4.69, 9.17) is 0 Å². The van der Waals surface area contributed by atoms with Gasteiger partial charge in [-0.1, -0.05) is 30.3 Å². The summed E-state index contributed by atoms with van der Waals surface area (Å²) in [5, 5.41) is 12.0. The zero-order chi connectivity index (χ0) is 23.4. The minimum atomic E-state index is -1.86. The maximum Gasteiger partial charge on any atom is 0.359 e. The molecule has 172 valence electrons. The van der Waals surface area contributed by atoms with Gasteiger partial charge in [0.15, 0.2) is 0 Å². The number of hydrogen-bond donors (Lipinski definition) is 0. The van der Waals surface area contributed by atoms with Crippen LogP contribution in [-0.2, 0) is 13.1 Å². The van der Waals surface area contributed by atoms with E-state index in [2.05, 4.69) is 22.0 Å². The zero-order valence-corrected chi connectivity index (χ0v) is 17.9. The molecular formula is C23H23F2N5O3. The quantitative estimate of drug-likeness (QED) is 0.398. The molecule has 0 aliphatic carbocycles. The Morgan fingerprint density at radius 1 is 1.09 bits per heavy atom. The molecule has 0 amide bonds. The lowest BCUT2D eigenvalue weighted by molar-refractivity contribution is -0.385. The molecule has 0 saturated carbocycles. The molecule has 1 aliphatic heterocycles. The fourth-order valence-electron chi connectivity index (χ4n) is 4.21. The van der Waals surface area contributed by atoms with Crippen LogP contribution >= 0.6 is 0 Å². The van der Waals surface area contributed by atoms with Crippen LogP contribution < -0.4 is 10.5 Å². The molecule has 1 saturated heterocycles. The average Bonchev–Trinajstić information content (AvgIpc) is 2.81. The highest BCUT2D eigenvalue weighted by Crippen LogP contribution is 2.33. The van der Waals surface area contributed by atoms with Crippen LogP contribution in [0.3, 0.4) is 0 Å². The summed E-state index contributed by atoms with van der Waals surface area (Å²) in [4.78, 5) is 32.8. The number of fused-ring (bicyclic) bond motifs is 1. The number of piperazine rings is 1. The van der Waals surface area contributed by atoms with Crippen molar-refractivity contribution in [3.05, 3.63) is 86.8 Å². The van der Waals surface area contributed by atoms with Crippen molar-refractivity contribution in [2.45, 2.75) is 19.5 Å². The summed E-state index contributed by atoms with van der Waals surface area (Å²) < 4.78 is 26.1. The molecule has 4 rings (SSSR count). The van der Waals surface area contributed by atoms with Crippen molar-refractivity contribution in [2.24, 2.45) is 0 Å². The first-order valence-corrected chi connectivity index (χ1v) is 10.6. The van der Waals surface area contributed by atoms with E-state index < -0.39 is 22.3 Å². The molecule has 3 heterocycles. The highest BCUT2D eigenvalue weighted by molar-refractivity contribution is 5.93. The number of benzene rings is 1. The molecule has 3 aromatic rings. The Bertz CT molecular complexity index is 1230. The predicted octanol–water partition coefficient (Wildman–Crippen LogP) is 3.80. The molecule has 1 aliphatic rings. The molecule has 8 nitrogen and oxygen atoms in total. The molecule has 0 radical (unpaired) electrons. The third kappa shape index (κ3) is 4.90. The Morgan fingerprint density at radius 2 is 1.82 bits per heavy atom. The number of aryl methyl sites for hydroxylation is 1. The second-order valence-electron chi connectivity index (χ2n) is 7.81. The summed E-state index contributed by atoms with van der Waals surface area (Å²) in [6.07, 6.45) is 0.225. The van der Waals surface area contributed by atoms with Gasteiger partial charge < -0.3 is 9.47 Å². The first kappa shape index (κ1) is 22.5. The molecule has 33 heavy (non-hydrogen) atoms. The van der Waals surface area contributed by atoms with Gasteiger partial charge in [-0.3, -0.25) is 24.8 Å². The number of nitro groups is 1. The highest BCUT2D eigenvalue weighted by Gasteiger charge is 2.32. The maximum absolute atomic E-state index is 13.1. The second kappa shape index (κ2) is 9.86. The number of halogens is 2.